The van der Waals surface area contributed by atoms with E-state index in [1.165, 1.54) is 12.4 Å². The van der Waals surface area contributed by atoms with Crippen LogP contribution in [0.3, 0.4) is 0 Å². The lowest BCUT2D eigenvalue weighted by Crippen LogP contribution is -2.15. The van der Waals surface area contributed by atoms with Gasteiger partial charge in [-0.2, -0.15) is 5.10 Å². The smallest absolute Gasteiger partial charge is 0.275 e. The molecule has 0 fully saturated rings. The van der Waals surface area contributed by atoms with Gasteiger partial charge in [-0.15, -0.1) is 0 Å². The van der Waals surface area contributed by atoms with E-state index >= 15 is 0 Å². The number of nitrogens with zero attached hydrogens (tertiary/aromatic N) is 3. The highest BCUT2D eigenvalue weighted by Crippen LogP contribution is 2.16. The monoisotopic (exact) mass is 260 g/mol. The van der Waals surface area contributed by atoms with Crippen LogP contribution in [-0.2, 0) is 0 Å². The van der Waals surface area contributed by atoms with Gasteiger partial charge in [0, 0.05) is 6.54 Å². The van der Waals surface area contributed by atoms with Crippen molar-refractivity contribution in [3.05, 3.63) is 29.5 Å². The number of aromatic nitrogens is 4. The van der Waals surface area contributed by atoms with Crippen molar-refractivity contribution in [3.8, 4) is 0 Å². The number of aromatic amines is 1. The molecule has 0 aromatic carbocycles. The Bertz CT molecular complexity index is 555. The molecule has 2 rings (SSSR count). The normalized spacial score (nSPS) is 10.3. The molecule has 2 aromatic rings. The number of nitrogens with one attached hydrogen (secondary N) is 3. The molecule has 2 heterocycles. The maximum Gasteiger partial charge on any atom is 0.275 e. The number of hydrogen-bond donors (Lipinski definition) is 3. The van der Waals surface area contributed by atoms with E-state index in [-0.39, 0.29) is 11.6 Å². The fourth-order valence-electron chi connectivity index (χ4n) is 1.63. The second kappa shape index (κ2) is 5.47. The van der Waals surface area contributed by atoms with Gasteiger partial charge in [0.15, 0.2) is 0 Å². The van der Waals surface area contributed by atoms with Crippen molar-refractivity contribution in [1.29, 1.82) is 0 Å². The van der Waals surface area contributed by atoms with Crippen LogP contribution in [0.4, 0.5) is 11.5 Å². The molecule has 0 saturated heterocycles. The number of aryl methyl sites for hydroxylation is 2. The molecule has 19 heavy (non-hydrogen) atoms. The van der Waals surface area contributed by atoms with Gasteiger partial charge in [0.25, 0.3) is 5.91 Å². The summed E-state index contributed by atoms with van der Waals surface area (Å²) in [7, 11) is 0. The third kappa shape index (κ3) is 2.87. The Balaban J connectivity index is 2.12. The zero-order valence-electron chi connectivity index (χ0n) is 11.1. The number of carbonyl (C=O) groups excluding carboxylic acids is 1. The quantitative estimate of drug-likeness (QED) is 0.774. The lowest BCUT2D eigenvalue weighted by molar-refractivity contribution is 0.102. The summed E-state index contributed by atoms with van der Waals surface area (Å²) in [6.07, 6.45) is 2.98. The van der Waals surface area contributed by atoms with Crippen LogP contribution in [0.15, 0.2) is 12.4 Å². The lowest BCUT2D eigenvalue weighted by Gasteiger charge is -2.05. The van der Waals surface area contributed by atoms with Gasteiger partial charge >= 0.3 is 0 Å². The first-order valence-electron chi connectivity index (χ1n) is 6.00. The number of rotatable bonds is 4. The van der Waals surface area contributed by atoms with Crippen LogP contribution in [0.5, 0.6) is 0 Å². The molecule has 0 unspecified atom stereocenters. The zero-order chi connectivity index (χ0) is 13.8. The zero-order valence-corrected chi connectivity index (χ0v) is 11.1. The van der Waals surface area contributed by atoms with Gasteiger partial charge < -0.3 is 10.6 Å². The summed E-state index contributed by atoms with van der Waals surface area (Å²) < 4.78 is 0. The molecule has 0 radical (unpaired) electrons. The SMILES string of the molecule is CCNc1cnc(C(=O)Nc2c(C)n[nH]c2C)cn1. The largest absolute Gasteiger partial charge is 0.369 e. The average molecular weight is 260 g/mol. The minimum atomic E-state index is -0.303. The molecule has 0 atom stereocenters. The van der Waals surface area contributed by atoms with Gasteiger partial charge in [-0.25, -0.2) is 9.97 Å². The summed E-state index contributed by atoms with van der Waals surface area (Å²) >= 11 is 0. The van der Waals surface area contributed by atoms with E-state index in [1.54, 1.807) is 0 Å². The van der Waals surface area contributed by atoms with Gasteiger partial charge in [-0.1, -0.05) is 0 Å². The van der Waals surface area contributed by atoms with Gasteiger partial charge in [0.1, 0.15) is 11.5 Å². The molecular weight excluding hydrogens is 244 g/mol. The standard InChI is InChI=1S/C12H16N6O/c1-4-13-10-6-14-9(5-15-10)12(19)16-11-7(2)17-18-8(11)3/h5-6H,4H2,1-3H3,(H,13,15)(H,16,19)(H,17,18). The maximum absolute atomic E-state index is 12.0. The predicted octanol–water partition coefficient (Wildman–Crippen LogP) is 1.50. The molecule has 2 aromatic heterocycles. The van der Waals surface area contributed by atoms with E-state index in [1.807, 2.05) is 20.8 Å². The Morgan fingerprint density at radius 3 is 2.63 bits per heavy atom. The van der Waals surface area contributed by atoms with E-state index in [0.29, 0.717) is 11.5 Å². The third-order valence-electron chi connectivity index (χ3n) is 2.61. The van der Waals surface area contributed by atoms with Gasteiger partial charge in [0.05, 0.1) is 29.5 Å². The van der Waals surface area contributed by atoms with E-state index < -0.39 is 0 Å². The molecule has 0 aliphatic carbocycles. The summed E-state index contributed by atoms with van der Waals surface area (Å²) in [5.74, 6) is 0.345. The van der Waals surface area contributed by atoms with Crippen molar-refractivity contribution < 1.29 is 4.79 Å². The van der Waals surface area contributed by atoms with Crippen LogP contribution >= 0.6 is 0 Å². The highest BCUT2D eigenvalue weighted by molar-refractivity contribution is 6.03. The third-order valence-corrected chi connectivity index (χ3v) is 2.61. The molecule has 0 spiro atoms. The Morgan fingerprint density at radius 2 is 2.11 bits per heavy atom. The highest BCUT2D eigenvalue weighted by atomic mass is 16.1. The Labute approximate surface area is 110 Å². The van der Waals surface area contributed by atoms with Gasteiger partial charge in [0.2, 0.25) is 0 Å². The maximum atomic E-state index is 12.0. The summed E-state index contributed by atoms with van der Waals surface area (Å²) in [4.78, 5) is 20.2. The van der Waals surface area contributed by atoms with Crippen LogP contribution < -0.4 is 10.6 Å². The molecule has 0 aliphatic rings. The number of amides is 1. The van der Waals surface area contributed by atoms with Crippen LogP contribution in [-0.4, -0.2) is 32.6 Å². The molecule has 7 heteroatoms. The van der Waals surface area contributed by atoms with Crippen molar-refractivity contribution in [2.24, 2.45) is 0 Å². The van der Waals surface area contributed by atoms with Crippen LogP contribution in [0, 0.1) is 13.8 Å². The Morgan fingerprint density at radius 1 is 1.32 bits per heavy atom. The summed E-state index contributed by atoms with van der Waals surface area (Å²) in [6, 6.07) is 0. The van der Waals surface area contributed by atoms with Crippen molar-refractivity contribution in [2.75, 3.05) is 17.2 Å². The number of anilines is 2. The van der Waals surface area contributed by atoms with Gasteiger partial charge in [-0.3, -0.25) is 9.89 Å². The first kappa shape index (κ1) is 13.0. The fraction of sp³-hybridized carbons (Fsp3) is 0.333. The van der Waals surface area contributed by atoms with E-state index in [9.17, 15) is 4.79 Å². The van der Waals surface area contributed by atoms with Crippen LogP contribution in [0.1, 0.15) is 28.8 Å². The van der Waals surface area contributed by atoms with Crippen molar-refractivity contribution in [3.63, 3.8) is 0 Å². The Hall–Kier alpha value is -2.44. The molecule has 0 bridgehead atoms. The first-order chi connectivity index (χ1) is 9.11. The molecule has 0 aliphatic heterocycles. The fourth-order valence-corrected chi connectivity index (χ4v) is 1.63. The van der Waals surface area contributed by atoms with Crippen LogP contribution in [0.25, 0.3) is 0 Å². The predicted molar refractivity (Wildman–Crippen MR) is 72.2 cm³/mol. The number of carbonyl (C=O) groups is 1. The lowest BCUT2D eigenvalue weighted by atomic mass is 10.3. The van der Waals surface area contributed by atoms with E-state index in [0.717, 1.165) is 17.9 Å². The summed E-state index contributed by atoms with van der Waals surface area (Å²) in [5.41, 5.74) is 2.50. The highest BCUT2D eigenvalue weighted by Gasteiger charge is 2.13. The van der Waals surface area contributed by atoms with Crippen molar-refractivity contribution >= 4 is 17.4 Å². The number of H-pyrrole nitrogens is 1. The minimum absolute atomic E-state index is 0.265. The van der Waals surface area contributed by atoms with Crippen molar-refractivity contribution in [1.82, 2.24) is 20.2 Å². The van der Waals surface area contributed by atoms with E-state index in [2.05, 4.69) is 30.8 Å². The average Bonchev–Trinajstić information content (AvgIpc) is 2.72. The Kier molecular flexibility index (Phi) is 3.74. The molecule has 7 nitrogen and oxygen atoms in total. The first-order valence-corrected chi connectivity index (χ1v) is 6.00. The topological polar surface area (TPSA) is 95.6 Å². The van der Waals surface area contributed by atoms with Crippen LogP contribution in [0.2, 0.25) is 0 Å². The molecule has 100 valence electrons. The molecular formula is C12H16N6O. The van der Waals surface area contributed by atoms with Gasteiger partial charge in [-0.05, 0) is 20.8 Å². The second-order valence-electron chi connectivity index (χ2n) is 4.08. The second-order valence-corrected chi connectivity index (χ2v) is 4.08. The molecule has 3 N–H and O–H groups in total. The molecule has 1 amide bonds. The minimum Gasteiger partial charge on any atom is -0.369 e. The summed E-state index contributed by atoms with van der Waals surface area (Å²) in [5, 5.41) is 12.6. The van der Waals surface area contributed by atoms with E-state index in [4.69, 9.17) is 0 Å². The number of hydrogen-bond acceptors (Lipinski definition) is 5. The summed E-state index contributed by atoms with van der Waals surface area (Å²) in [6.45, 7) is 6.38. The van der Waals surface area contributed by atoms with Crippen molar-refractivity contribution in [2.45, 2.75) is 20.8 Å². The molecule has 0 saturated carbocycles.